The molecule has 0 spiro atoms. The number of esters is 2. The minimum atomic E-state index is -0.678. The molecule has 0 saturated heterocycles. The van der Waals surface area contributed by atoms with Gasteiger partial charge in [-0.2, -0.15) is 0 Å². The molecule has 0 aromatic carbocycles. The molecule has 0 aliphatic carbocycles. The molecule has 0 heterocycles. The van der Waals surface area contributed by atoms with Gasteiger partial charge in [0.1, 0.15) is 0 Å². The van der Waals surface area contributed by atoms with E-state index in [1.165, 1.54) is 0 Å². The Kier molecular flexibility index (Phi) is 8.62. The van der Waals surface area contributed by atoms with Crippen molar-refractivity contribution in [1.29, 1.82) is 0 Å². The maximum absolute atomic E-state index is 11.6. The van der Waals surface area contributed by atoms with E-state index >= 15 is 0 Å². The van der Waals surface area contributed by atoms with Crippen molar-refractivity contribution in [3.63, 3.8) is 0 Å². The Labute approximate surface area is 102 Å². The Morgan fingerprint density at radius 1 is 0.824 bits per heavy atom. The second-order valence-corrected chi connectivity index (χ2v) is 3.44. The maximum atomic E-state index is 11.6. The zero-order chi connectivity index (χ0) is 13.3. The van der Waals surface area contributed by atoms with Crippen LogP contribution in [0.5, 0.6) is 0 Å². The van der Waals surface area contributed by atoms with E-state index in [-0.39, 0.29) is 0 Å². The van der Waals surface area contributed by atoms with Gasteiger partial charge in [0.2, 0.25) is 0 Å². The molecule has 0 bridgehead atoms. The first-order chi connectivity index (χ1) is 8.10. The number of hydrogen-bond acceptors (Lipinski definition) is 5. The Morgan fingerprint density at radius 2 is 1.18 bits per heavy atom. The van der Waals surface area contributed by atoms with E-state index in [4.69, 9.17) is 14.2 Å². The van der Waals surface area contributed by atoms with Crippen molar-refractivity contribution < 1.29 is 23.8 Å². The first-order valence-electron chi connectivity index (χ1n) is 6.09. The van der Waals surface area contributed by atoms with Crippen molar-refractivity contribution in [1.82, 2.24) is 0 Å². The summed E-state index contributed by atoms with van der Waals surface area (Å²) >= 11 is 0. The lowest BCUT2D eigenvalue weighted by molar-refractivity contribution is -0.175. The number of carbonyl (C=O) groups is 2. The molecular formula is C12H22O5. The molecule has 0 aromatic rings. The summed E-state index contributed by atoms with van der Waals surface area (Å²) in [6, 6.07) is 0. The number of carbonyl (C=O) groups excluding carboxylic acids is 2. The van der Waals surface area contributed by atoms with E-state index in [1.54, 1.807) is 27.7 Å². The SMILES string of the molecule is CCOC(CC)C(=O)OC(=O)C(CC)OCC. The molecule has 0 amide bonds. The molecule has 0 fully saturated rings. The molecule has 0 saturated carbocycles. The van der Waals surface area contributed by atoms with Crippen LogP contribution >= 0.6 is 0 Å². The number of rotatable bonds is 8. The second kappa shape index (κ2) is 9.13. The molecule has 2 atom stereocenters. The quantitative estimate of drug-likeness (QED) is 0.481. The molecule has 17 heavy (non-hydrogen) atoms. The van der Waals surface area contributed by atoms with Crippen LogP contribution in [0, 0.1) is 0 Å². The molecule has 5 heteroatoms. The highest BCUT2D eigenvalue weighted by atomic mass is 16.6. The summed E-state index contributed by atoms with van der Waals surface area (Å²) in [7, 11) is 0. The van der Waals surface area contributed by atoms with Gasteiger partial charge in [-0.3, -0.25) is 0 Å². The Balaban J connectivity index is 4.29. The molecule has 100 valence electrons. The van der Waals surface area contributed by atoms with Crippen LogP contribution in [0.15, 0.2) is 0 Å². The van der Waals surface area contributed by atoms with Crippen molar-refractivity contribution in [2.75, 3.05) is 13.2 Å². The average molecular weight is 246 g/mol. The molecule has 0 aromatic heterocycles. The largest absolute Gasteiger partial charge is 0.389 e. The van der Waals surface area contributed by atoms with Crippen LogP contribution in [-0.2, 0) is 23.8 Å². The lowest BCUT2D eigenvalue weighted by Gasteiger charge is -2.16. The van der Waals surface area contributed by atoms with Crippen LogP contribution in [0.3, 0.4) is 0 Å². The van der Waals surface area contributed by atoms with E-state index in [9.17, 15) is 9.59 Å². The average Bonchev–Trinajstić information content (AvgIpc) is 2.32. The molecule has 0 radical (unpaired) electrons. The van der Waals surface area contributed by atoms with Gasteiger partial charge in [0.15, 0.2) is 12.2 Å². The second-order valence-electron chi connectivity index (χ2n) is 3.44. The summed E-state index contributed by atoms with van der Waals surface area (Å²) < 4.78 is 15.1. The zero-order valence-corrected chi connectivity index (χ0v) is 11.0. The molecule has 0 rings (SSSR count). The van der Waals surface area contributed by atoms with Crippen LogP contribution in [-0.4, -0.2) is 37.4 Å². The van der Waals surface area contributed by atoms with E-state index < -0.39 is 24.1 Å². The van der Waals surface area contributed by atoms with Gasteiger partial charge in [0.05, 0.1) is 0 Å². The Bertz CT molecular complexity index is 215. The fourth-order valence-corrected chi connectivity index (χ4v) is 1.34. The van der Waals surface area contributed by atoms with Crippen molar-refractivity contribution in [2.45, 2.75) is 52.7 Å². The van der Waals surface area contributed by atoms with E-state index in [0.29, 0.717) is 26.1 Å². The van der Waals surface area contributed by atoms with Gasteiger partial charge in [0, 0.05) is 13.2 Å². The fourth-order valence-electron chi connectivity index (χ4n) is 1.34. The summed E-state index contributed by atoms with van der Waals surface area (Å²) in [4.78, 5) is 23.2. The third-order valence-electron chi connectivity index (χ3n) is 2.20. The monoisotopic (exact) mass is 246 g/mol. The molecule has 0 N–H and O–H groups in total. The topological polar surface area (TPSA) is 61.8 Å². The summed E-state index contributed by atoms with van der Waals surface area (Å²) in [6.45, 7) is 7.98. The highest BCUT2D eigenvalue weighted by molar-refractivity contribution is 5.89. The predicted molar refractivity (Wildman–Crippen MR) is 62.5 cm³/mol. The Morgan fingerprint density at radius 3 is 1.41 bits per heavy atom. The Hall–Kier alpha value is -0.940. The molecule has 5 nitrogen and oxygen atoms in total. The number of ether oxygens (including phenoxy) is 3. The lowest BCUT2D eigenvalue weighted by Crippen LogP contribution is -2.33. The van der Waals surface area contributed by atoms with Gasteiger partial charge < -0.3 is 14.2 Å². The minimum absolute atomic E-state index is 0.407. The van der Waals surface area contributed by atoms with Crippen LogP contribution in [0.1, 0.15) is 40.5 Å². The summed E-state index contributed by atoms with van der Waals surface area (Å²) in [5.74, 6) is -1.28. The standard InChI is InChI=1S/C12H22O5/c1-5-9(15-7-3)11(13)17-12(14)10(6-2)16-8-4/h9-10H,5-8H2,1-4H3. The highest BCUT2D eigenvalue weighted by Crippen LogP contribution is 2.06. The summed E-state index contributed by atoms with van der Waals surface area (Å²) in [5, 5.41) is 0. The van der Waals surface area contributed by atoms with Crippen molar-refractivity contribution >= 4 is 11.9 Å². The summed E-state index contributed by atoms with van der Waals surface area (Å²) in [6.07, 6.45) is -0.400. The van der Waals surface area contributed by atoms with Crippen LogP contribution in [0.25, 0.3) is 0 Å². The molecular weight excluding hydrogens is 224 g/mol. The first kappa shape index (κ1) is 16.1. The minimum Gasteiger partial charge on any atom is -0.389 e. The van der Waals surface area contributed by atoms with Crippen molar-refractivity contribution in [2.24, 2.45) is 0 Å². The molecule has 0 aliphatic heterocycles. The summed E-state index contributed by atoms with van der Waals surface area (Å²) in [5.41, 5.74) is 0. The predicted octanol–water partition coefficient (Wildman–Crippen LogP) is 1.69. The molecule has 0 aliphatic rings. The highest BCUT2D eigenvalue weighted by Gasteiger charge is 2.26. The van der Waals surface area contributed by atoms with E-state index in [0.717, 1.165) is 0 Å². The van der Waals surface area contributed by atoms with E-state index in [1.807, 2.05) is 0 Å². The van der Waals surface area contributed by atoms with Crippen LogP contribution in [0.4, 0.5) is 0 Å². The van der Waals surface area contributed by atoms with Crippen LogP contribution in [0.2, 0.25) is 0 Å². The van der Waals surface area contributed by atoms with Crippen molar-refractivity contribution in [3.8, 4) is 0 Å². The van der Waals surface area contributed by atoms with Crippen LogP contribution < -0.4 is 0 Å². The first-order valence-corrected chi connectivity index (χ1v) is 6.09. The van der Waals surface area contributed by atoms with Gasteiger partial charge in [0.25, 0.3) is 0 Å². The third kappa shape index (κ3) is 5.79. The fraction of sp³-hybridized carbons (Fsp3) is 0.833. The van der Waals surface area contributed by atoms with Gasteiger partial charge in [-0.1, -0.05) is 13.8 Å². The van der Waals surface area contributed by atoms with Gasteiger partial charge in [-0.15, -0.1) is 0 Å². The lowest BCUT2D eigenvalue weighted by atomic mass is 10.2. The third-order valence-corrected chi connectivity index (χ3v) is 2.20. The number of hydrogen-bond donors (Lipinski definition) is 0. The smallest absolute Gasteiger partial charge is 0.342 e. The van der Waals surface area contributed by atoms with Gasteiger partial charge in [-0.25, -0.2) is 9.59 Å². The van der Waals surface area contributed by atoms with Gasteiger partial charge in [-0.05, 0) is 26.7 Å². The zero-order valence-electron chi connectivity index (χ0n) is 11.0. The van der Waals surface area contributed by atoms with Crippen molar-refractivity contribution in [3.05, 3.63) is 0 Å². The van der Waals surface area contributed by atoms with Gasteiger partial charge >= 0.3 is 11.9 Å². The maximum Gasteiger partial charge on any atom is 0.342 e. The molecule has 2 unspecified atom stereocenters. The normalized spacial score (nSPS) is 14.1. The van der Waals surface area contributed by atoms with E-state index in [2.05, 4.69) is 0 Å².